The van der Waals surface area contributed by atoms with Crippen LogP contribution in [0.4, 0.5) is 0 Å². The number of fused-ring (bicyclic) bond motifs is 7. The maximum atomic E-state index is 10.6. The van der Waals surface area contributed by atoms with E-state index in [2.05, 4.69) is 72.8 Å². The third-order valence-corrected chi connectivity index (χ3v) is 8.53. The fourth-order valence-corrected chi connectivity index (χ4v) is 5.34. The zero-order chi connectivity index (χ0) is 29.5. The Bertz CT molecular complexity index is 1850. The van der Waals surface area contributed by atoms with Crippen molar-refractivity contribution in [1.29, 1.82) is 5.26 Å². The number of rotatable bonds is 4. The molecule has 5 aromatic rings. The van der Waals surface area contributed by atoms with Crippen LogP contribution in [0.1, 0.15) is 55.5 Å². The van der Waals surface area contributed by atoms with Gasteiger partial charge in [0.25, 0.3) is 0 Å². The molecule has 0 atom stereocenters. The summed E-state index contributed by atoms with van der Waals surface area (Å²) in [4.78, 5) is 0. The van der Waals surface area contributed by atoms with Gasteiger partial charge in [0.05, 0.1) is 22.8 Å². The summed E-state index contributed by atoms with van der Waals surface area (Å²) in [6.07, 6.45) is 1.32. The van der Waals surface area contributed by atoms with Crippen molar-refractivity contribution in [3.8, 4) is 28.7 Å². The van der Waals surface area contributed by atoms with E-state index >= 15 is 0 Å². The smallest absolute Gasteiger partial charge is 0.331 e. The number of hydrogen-bond donors (Lipinski definition) is 1. The first-order valence-corrected chi connectivity index (χ1v) is 14.3. The van der Waals surface area contributed by atoms with Crippen molar-refractivity contribution < 1.29 is 14.5 Å². The molecule has 1 N–H and O–H groups in total. The summed E-state index contributed by atoms with van der Waals surface area (Å²) in [6.45, 7) is 7.20. The maximum absolute atomic E-state index is 10.6. The van der Waals surface area contributed by atoms with Crippen molar-refractivity contribution in [2.45, 2.75) is 51.7 Å². The average Bonchev–Trinajstić information content (AvgIpc) is 2.99. The van der Waals surface area contributed by atoms with Gasteiger partial charge in [-0.3, -0.25) is 0 Å². The van der Waals surface area contributed by atoms with Gasteiger partial charge in [0.15, 0.2) is 0 Å². The topological polar surface area (TPSA) is 62.5 Å². The summed E-state index contributed by atoms with van der Waals surface area (Å²) in [7, 11) is 1.68. The second-order valence-electron chi connectivity index (χ2n) is 12.0. The molecule has 1 aliphatic rings. The molecule has 5 heteroatoms. The lowest BCUT2D eigenvalue weighted by Crippen LogP contribution is -2.49. The Morgan fingerprint density at radius 1 is 0.762 bits per heavy atom. The molecule has 0 saturated carbocycles. The van der Waals surface area contributed by atoms with Crippen molar-refractivity contribution in [3.63, 3.8) is 0 Å². The average molecular weight is 550 g/mol. The van der Waals surface area contributed by atoms with Gasteiger partial charge in [-0.25, -0.2) is 0 Å². The number of nitrogens with zero attached hydrogens (tertiary/aromatic N) is 1. The first-order chi connectivity index (χ1) is 20.1. The Kier molecular flexibility index (Phi) is 7.14. The fourth-order valence-electron chi connectivity index (χ4n) is 5.34. The number of aliphatic hydroxyl groups is 1. The van der Waals surface area contributed by atoms with Crippen molar-refractivity contribution in [1.82, 2.24) is 0 Å². The summed E-state index contributed by atoms with van der Waals surface area (Å²) in [5.74, 6) is 1.37. The third kappa shape index (κ3) is 5.32. The number of hydrogen-bond acceptors (Lipinski definition) is 4. The summed E-state index contributed by atoms with van der Waals surface area (Å²) in [5.41, 5.74) is 6.42. The summed E-state index contributed by atoms with van der Waals surface area (Å²) in [6, 6.07) is 35.6. The van der Waals surface area contributed by atoms with Crippen LogP contribution in [-0.2, 0) is 17.5 Å². The van der Waals surface area contributed by atoms with Crippen LogP contribution in [0.5, 0.6) is 11.5 Å². The lowest BCUT2D eigenvalue weighted by molar-refractivity contribution is -0.0893. The highest BCUT2D eigenvalue weighted by Crippen LogP contribution is 2.40. The molecule has 42 heavy (non-hydrogen) atoms. The number of nitriles is 1. The molecule has 6 rings (SSSR count). The van der Waals surface area contributed by atoms with Crippen LogP contribution < -0.4 is 10.2 Å². The minimum atomic E-state index is -1.03. The molecule has 0 unspecified atom stereocenters. The molecule has 0 aliphatic carbocycles. The van der Waals surface area contributed by atoms with Gasteiger partial charge in [-0.2, -0.15) is 5.26 Å². The molecular formula is C37H33BNO3. The lowest BCUT2D eigenvalue weighted by Gasteiger charge is -2.37. The Morgan fingerprint density at radius 3 is 2.21 bits per heavy atom. The predicted octanol–water partition coefficient (Wildman–Crippen LogP) is 7.48. The minimum absolute atomic E-state index is 0.546. The molecule has 0 aromatic heterocycles. The van der Waals surface area contributed by atoms with E-state index in [9.17, 15) is 10.4 Å². The van der Waals surface area contributed by atoms with Gasteiger partial charge in [-0.05, 0) is 95.5 Å². The van der Waals surface area contributed by atoms with Gasteiger partial charge in [0.1, 0.15) is 11.5 Å². The molecule has 0 bridgehead atoms. The second kappa shape index (κ2) is 10.8. The van der Waals surface area contributed by atoms with E-state index in [-0.39, 0.29) is 0 Å². The van der Waals surface area contributed by atoms with Crippen LogP contribution in [-0.4, -0.2) is 23.8 Å². The first kappa shape index (κ1) is 27.8. The molecule has 1 radical (unpaired) electrons. The van der Waals surface area contributed by atoms with E-state index in [1.54, 1.807) is 21.3 Å². The molecule has 1 aliphatic heterocycles. The lowest BCUT2D eigenvalue weighted by atomic mass is 9.81. The Morgan fingerprint density at radius 2 is 1.43 bits per heavy atom. The van der Waals surface area contributed by atoms with E-state index in [0.29, 0.717) is 29.9 Å². The molecule has 5 aromatic carbocycles. The van der Waals surface area contributed by atoms with Crippen molar-refractivity contribution in [2.24, 2.45) is 0 Å². The fraction of sp³-hybridized carbons (Fsp3) is 0.216. The van der Waals surface area contributed by atoms with Gasteiger partial charge in [-0.15, -0.1) is 0 Å². The molecule has 0 spiro atoms. The maximum Gasteiger partial charge on any atom is 0.331 e. The number of ether oxygens (including phenoxy) is 1. The summed E-state index contributed by atoms with van der Waals surface area (Å²) >= 11 is 0. The van der Waals surface area contributed by atoms with Crippen LogP contribution in [0.15, 0.2) is 97.1 Å². The molecule has 1 heterocycles. The largest absolute Gasteiger partial charge is 0.457 e. The molecule has 0 saturated heterocycles. The third-order valence-electron chi connectivity index (χ3n) is 8.53. The van der Waals surface area contributed by atoms with E-state index < -0.39 is 11.2 Å². The quantitative estimate of drug-likeness (QED) is 0.231. The Hall–Kier alpha value is -4.37. The monoisotopic (exact) mass is 550 g/mol. The highest BCUT2D eigenvalue weighted by atomic mass is 16.5. The van der Waals surface area contributed by atoms with Crippen molar-refractivity contribution >= 4 is 23.7 Å². The highest BCUT2D eigenvalue weighted by Gasteiger charge is 2.35. The van der Waals surface area contributed by atoms with E-state index in [0.717, 1.165) is 16.6 Å². The van der Waals surface area contributed by atoms with Gasteiger partial charge in [-0.1, -0.05) is 78.9 Å². The van der Waals surface area contributed by atoms with Gasteiger partial charge < -0.3 is 14.5 Å². The Balaban J connectivity index is 1.53. The summed E-state index contributed by atoms with van der Waals surface area (Å²) < 4.78 is 12.8. The van der Waals surface area contributed by atoms with Crippen molar-refractivity contribution in [3.05, 3.63) is 125 Å². The van der Waals surface area contributed by atoms with Gasteiger partial charge in [0, 0.05) is 12.8 Å². The first-order valence-electron chi connectivity index (χ1n) is 14.3. The van der Waals surface area contributed by atoms with E-state index in [1.807, 2.05) is 44.2 Å². The SMILES string of the molecule is CC(C)(O)C(C)(C)O[B]c1ccc2c(c1)Oc1cc(C#N)ccc1Cc1ccc3ccccc3c1-c1ccccc1C2. The van der Waals surface area contributed by atoms with Crippen LogP contribution in [0.3, 0.4) is 0 Å². The molecule has 207 valence electrons. The second-order valence-corrected chi connectivity index (χ2v) is 12.0. The van der Waals surface area contributed by atoms with E-state index in [1.165, 1.54) is 33.0 Å². The summed E-state index contributed by atoms with van der Waals surface area (Å²) in [5, 5.41) is 22.7. The zero-order valence-corrected chi connectivity index (χ0v) is 24.4. The van der Waals surface area contributed by atoms with E-state index in [4.69, 9.17) is 9.39 Å². The highest BCUT2D eigenvalue weighted by molar-refractivity contribution is 6.47. The Labute approximate surface area is 248 Å². The predicted molar refractivity (Wildman–Crippen MR) is 170 cm³/mol. The molecule has 0 amide bonds. The van der Waals surface area contributed by atoms with Gasteiger partial charge in [0.2, 0.25) is 0 Å². The normalized spacial score (nSPS) is 13.0. The zero-order valence-electron chi connectivity index (χ0n) is 24.4. The molecule has 0 fully saturated rings. The molecular weight excluding hydrogens is 517 g/mol. The van der Waals surface area contributed by atoms with Crippen LogP contribution >= 0.6 is 0 Å². The van der Waals surface area contributed by atoms with Gasteiger partial charge >= 0.3 is 7.48 Å². The standard InChI is InChI=1S/C37H33BNO3/c1-36(2,40)37(3,4)42-38-30-18-17-28-20-26-10-6-8-12-32(26)35-29(16-15-25-9-5-7-11-31(25)35)21-27-14-13-24(23-39)19-33(27)41-34(28)22-30/h5-19,22,40H,20-21H2,1-4H3. The minimum Gasteiger partial charge on any atom is -0.457 e. The van der Waals surface area contributed by atoms with Crippen LogP contribution in [0.25, 0.3) is 21.9 Å². The van der Waals surface area contributed by atoms with Crippen molar-refractivity contribution in [2.75, 3.05) is 0 Å². The van der Waals surface area contributed by atoms with Crippen LogP contribution in [0.2, 0.25) is 0 Å². The number of benzene rings is 5. The molecule has 4 nitrogen and oxygen atoms in total. The van der Waals surface area contributed by atoms with Crippen LogP contribution in [0, 0.1) is 11.3 Å².